The van der Waals surface area contributed by atoms with Crippen molar-refractivity contribution in [1.82, 2.24) is 5.32 Å². The van der Waals surface area contributed by atoms with E-state index in [4.69, 9.17) is 4.74 Å². The van der Waals surface area contributed by atoms with E-state index in [1.807, 2.05) is 12.1 Å². The van der Waals surface area contributed by atoms with Crippen LogP contribution in [-0.2, 0) is 11.3 Å². The molecule has 2 N–H and O–H groups in total. The lowest BCUT2D eigenvalue weighted by Gasteiger charge is -2.18. The molecule has 0 amide bonds. The topological polar surface area (TPSA) is 41.5 Å². The molecule has 0 saturated carbocycles. The van der Waals surface area contributed by atoms with E-state index >= 15 is 0 Å². The van der Waals surface area contributed by atoms with Crippen molar-refractivity contribution in [2.24, 2.45) is 5.92 Å². The summed E-state index contributed by atoms with van der Waals surface area (Å²) in [6, 6.07) is 8.14. The normalized spacial score (nSPS) is 14.5. The number of aliphatic hydroxyl groups is 1. The average Bonchev–Trinajstić information content (AvgIpc) is 2.36. The number of rotatable bonds is 9. The van der Waals surface area contributed by atoms with Crippen LogP contribution in [0.4, 0.5) is 0 Å². The van der Waals surface area contributed by atoms with Crippen molar-refractivity contribution >= 4 is 15.9 Å². The van der Waals surface area contributed by atoms with E-state index in [1.54, 1.807) is 0 Å². The third-order valence-electron chi connectivity index (χ3n) is 2.97. The Morgan fingerprint density at radius 3 is 2.70 bits per heavy atom. The molecule has 0 bridgehead atoms. The van der Waals surface area contributed by atoms with Crippen LogP contribution in [0.5, 0.6) is 0 Å². The van der Waals surface area contributed by atoms with Gasteiger partial charge in [-0.15, -0.1) is 0 Å². The number of ether oxygens (including phenoxy) is 1. The molecular formula is C16H26BrNO2. The Hall–Kier alpha value is -0.420. The second kappa shape index (κ2) is 9.50. The van der Waals surface area contributed by atoms with Gasteiger partial charge >= 0.3 is 0 Å². The molecule has 0 aliphatic heterocycles. The molecule has 0 fully saturated rings. The summed E-state index contributed by atoms with van der Waals surface area (Å²) in [5.74, 6) is 0.622. The quantitative estimate of drug-likeness (QED) is 0.722. The fourth-order valence-electron chi connectivity index (χ4n) is 2.10. The molecule has 0 aliphatic carbocycles. The van der Waals surface area contributed by atoms with Gasteiger partial charge in [-0.3, -0.25) is 0 Å². The molecule has 2 unspecified atom stereocenters. The van der Waals surface area contributed by atoms with Crippen LogP contribution in [0.2, 0.25) is 0 Å². The van der Waals surface area contributed by atoms with Crippen LogP contribution in [0.25, 0.3) is 0 Å². The minimum Gasteiger partial charge on any atom is -0.389 e. The molecule has 0 saturated heterocycles. The van der Waals surface area contributed by atoms with Crippen LogP contribution >= 0.6 is 15.9 Å². The predicted molar refractivity (Wildman–Crippen MR) is 86.7 cm³/mol. The zero-order chi connectivity index (χ0) is 15.0. The Balaban J connectivity index is 2.15. The number of aliphatic hydroxyl groups excluding tert-OH is 1. The summed E-state index contributed by atoms with van der Waals surface area (Å²) < 4.78 is 6.71. The van der Waals surface area contributed by atoms with E-state index in [0.717, 1.165) is 17.4 Å². The van der Waals surface area contributed by atoms with Crippen LogP contribution in [0.15, 0.2) is 28.7 Å². The first-order valence-electron chi connectivity index (χ1n) is 7.22. The van der Waals surface area contributed by atoms with Gasteiger partial charge in [-0.1, -0.05) is 41.9 Å². The average molecular weight is 344 g/mol. The number of nitrogens with one attached hydrogen (secondary N) is 1. The van der Waals surface area contributed by atoms with Crippen molar-refractivity contribution in [2.75, 3.05) is 13.2 Å². The van der Waals surface area contributed by atoms with Crippen molar-refractivity contribution < 1.29 is 9.84 Å². The number of hydrogen-bond donors (Lipinski definition) is 2. The lowest BCUT2D eigenvalue weighted by molar-refractivity contribution is -0.00857. The van der Waals surface area contributed by atoms with E-state index in [1.165, 1.54) is 5.56 Å². The van der Waals surface area contributed by atoms with E-state index in [-0.39, 0.29) is 6.10 Å². The first-order valence-corrected chi connectivity index (χ1v) is 8.01. The molecule has 4 heteroatoms. The molecule has 20 heavy (non-hydrogen) atoms. The summed E-state index contributed by atoms with van der Waals surface area (Å²) in [5.41, 5.74) is 1.20. The van der Waals surface area contributed by atoms with Gasteiger partial charge in [0.05, 0.1) is 18.8 Å². The van der Waals surface area contributed by atoms with Crippen molar-refractivity contribution in [3.05, 3.63) is 34.3 Å². The predicted octanol–water partition coefficient (Wildman–Crippen LogP) is 3.35. The van der Waals surface area contributed by atoms with E-state index in [0.29, 0.717) is 19.1 Å². The van der Waals surface area contributed by atoms with Crippen molar-refractivity contribution in [3.8, 4) is 0 Å². The monoisotopic (exact) mass is 343 g/mol. The molecule has 0 heterocycles. The van der Waals surface area contributed by atoms with Gasteiger partial charge in [0.15, 0.2) is 0 Å². The standard InChI is InChI=1S/C16H26BrNO2/c1-12(2)7-13(3)20-11-16(19)10-18-9-14-5-4-6-15(17)8-14/h4-6,8,12-13,16,18-19H,7,9-11H2,1-3H3. The van der Waals surface area contributed by atoms with Gasteiger partial charge in [-0.25, -0.2) is 0 Å². The minimum atomic E-state index is -0.461. The molecule has 0 spiro atoms. The molecule has 3 nitrogen and oxygen atoms in total. The highest BCUT2D eigenvalue weighted by atomic mass is 79.9. The Kier molecular flexibility index (Phi) is 8.38. The van der Waals surface area contributed by atoms with Crippen molar-refractivity contribution in [3.63, 3.8) is 0 Å². The first-order chi connectivity index (χ1) is 9.47. The summed E-state index contributed by atoms with van der Waals surface area (Å²) >= 11 is 3.45. The molecular weight excluding hydrogens is 318 g/mol. The van der Waals surface area contributed by atoms with Gasteiger partial charge in [0.25, 0.3) is 0 Å². The van der Waals surface area contributed by atoms with Gasteiger partial charge in [-0.2, -0.15) is 0 Å². The van der Waals surface area contributed by atoms with Crippen molar-refractivity contribution in [1.29, 1.82) is 0 Å². The highest BCUT2D eigenvalue weighted by molar-refractivity contribution is 9.10. The van der Waals surface area contributed by atoms with Crippen LogP contribution in [0, 0.1) is 5.92 Å². The van der Waals surface area contributed by atoms with E-state index < -0.39 is 6.10 Å². The number of benzene rings is 1. The lowest BCUT2D eigenvalue weighted by Crippen LogP contribution is -2.31. The van der Waals surface area contributed by atoms with Crippen LogP contribution in [0.3, 0.4) is 0 Å². The summed E-state index contributed by atoms with van der Waals surface area (Å²) in [7, 11) is 0. The SMILES string of the molecule is CC(C)CC(C)OCC(O)CNCc1cccc(Br)c1. The number of halogens is 1. The zero-order valence-electron chi connectivity index (χ0n) is 12.6. The smallest absolute Gasteiger partial charge is 0.0897 e. The summed E-state index contributed by atoms with van der Waals surface area (Å²) in [6.45, 7) is 8.09. The summed E-state index contributed by atoms with van der Waals surface area (Å²) in [6.07, 6.45) is 0.768. The van der Waals surface area contributed by atoms with Gasteiger partial charge in [0, 0.05) is 17.6 Å². The highest BCUT2D eigenvalue weighted by Gasteiger charge is 2.09. The minimum absolute atomic E-state index is 0.203. The molecule has 0 aliphatic rings. The van der Waals surface area contributed by atoms with Gasteiger partial charge in [-0.05, 0) is 37.0 Å². The molecule has 0 aromatic heterocycles. The maximum absolute atomic E-state index is 9.87. The fraction of sp³-hybridized carbons (Fsp3) is 0.625. The maximum Gasteiger partial charge on any atom is 0.0897 e. The Morgan fingerprint density at radius 2 is 2.05 bits per heavy atom. The molecule has 2 atom stereocenters. The van der Waals surface area contributed by atoms with Gasteiger partial charge < -0.3 is 15.2 Å². The van der Waals surface area contributed by atoms with E-state index in [9.17, 15) is 5.11 Å². The number of hydrogen-bond acceptors (Lipinski definition) is 3. The molecule has 1 aromatic rings. The molecule has 1 rings (SSSR count). The third kappa shape index (κ3) is 8.00. The zero-order valence-corrected chi connectivity index (χ0v) is 14.2. The van der Waals surface area contributed by atoms with Crippen LogP contribution in [-0.4, -0.2) is 30.5 Å². The molecule has 0 radical (unpaired) electrons. The van der Waals surface area contributed by atoms with E-state index in [2.05, 4.69) is 54.2 Å². The third-order valence-corrected chi connectivity index (χ3v) is 3.47. The molecule has 1 aromatic carbocycles. The lowest BCUT2D eigenvalue weighted by atomic mass is 10.1. The summed E-state index contributed by atoms with van der Waals surface area (Å²) in [4.78, 5) is 0. The maximum atomic E-state index is 9.87. The second-order valence-corrected chi connectivity index (χ2v) is 6.60. The first kappa shape index (κ1) is 17.6. The van der Waals surface area contributed by atoms with Gasteiger partial charge in [0.2, 0.25) is 0 Å². The van der Waals surface area contributed by atoms with Gasteiger partial charge in [0.1, 0.15) is 0 Å². The Morgan fingerprint density at radius 1 is 1.30 bits per heavy atom. The second-order valence-electron chi connectivity index (χ2n) is 5.69. The largest absolute Gasteiger partial charge is 0.389 e. The Labute approximate surface area is 130 Å². The molecule has 114 valence electrons. The summed E-state index contributed by atoms with van der Waals surface area (Å²) in [5, 5.41) is 13.1. The Bertz CT molecular complexity index is 384. The highest BCUT2D eigenvalue weighted by Crippen LogP contribution is 2.11. The fourth-order valence-corrected chi connectivity index (χ4v) is 2.54. The van der Waals surface area contributed by atoms with Crippen LogP contribution < -0.4 is 5.32 Å². The van der Waals surface area contributed by atoms with Crippen molar-refractivity contribution in [2.45, 2.75) is 45.9 Å². The van der Waals surface area contributed by atoms with Crippen LogP contribution in [0.1, 0.15) is 32.8 Å².